The standard InChI is InChI=1S/C11H19N3O2/c1-6-7(2)13(4)10-9(11(15)16)8(3)12-14(10)5/h7H,6H2,1-5H3,(H,15,16). The van der Waals surface area contributed by atoms with Gasteiger partial charge in [0.05, 0.1) is 5.69 Å². The summed E-state index contributed by atoms with van der Waals surface area (Å²) in [6, 6.07) is 0.285. The van der Waals surface area contributed by atoms with Crippen LogP contribution in [0.1, 0.15) is 36.3 Å². The minimum Gasteiger partial charge on any atom is -0.477 e. The van der Waals surface area contributed by atoms with Crippen molar-refractivity contribution in [1.29, 1.82) is 0 Å². The Bertz CT molecular complexity index is 398. The summed E-state index contributed by atoms with van der Waals surface area (Å²) >= 11 is 0. The van der Waals surface area contributed by atoms with Gasteiger partial charge in [0, 0.05) is 20.1 Å². The molecule has 1 heterocycles. The maximum Gasteiger partial charge on any atom is 0.341 e. The molecule has 0 radical (unpaired) electrons. The van der Waals surface area contributed by atoms with E-state index in [2.05, 4.69) is 18.9 Å². The van der Waals surface area contributed by atoms with Crippen LogP contribution < -0.4 is 4.90 Å². The van der Waals surface area contributed by atoms with Crippen molar-refractivity contribution in [3.05, 3.63) is 11.3 Å². The van der Waals surface area contributed by atoms with E-state index in [4.69, 9.17) is 0 Å². The van der Waals surface area contributed by atoms with E-state index in [0.717, 1.165) is 6.42 Å². The molecule has 0 aromatic carbocycles. The van der Waals surface area contributed by atoms with Gasteiger partial charge in [-0.1, -0.05) is 6.92 Å². The highest BCUT2D eigenvalue weighted by atomic mass is 16.4. The number of carboxylic acids is 1. The molecule has 90 valence electrons. The maximum absolute atomic E-state index is 11.2. The second-order valence-electron chi connectivity index (χ2n) is 4.08. The van der Waals surface area contributed by atoms with Crippen LogP contribution in [0, 0.1) is 6.92 Å². The highest BCUT2D eigenvalue weighted by molar-refractivity contribution is 5.94. The van der Waals surface area contributed by atoms with Gasteiger partial charge in [-0.25, -0.2) is 4.79 Å². The fourth-order valence-electron chi connectivity index (χ4n) is 1.78. The molecular formula is C11H19N3O2. The summed E-state index contributed by atoms with van der Waals surface area (Å²) in [7, 11) is 3.67. The molecule has 1 aromatic rings. The molecule has 1 rings (SSSR count). The van der Waals surface area contributed by atoms with Crippen molar-refractivity contribution in [3.63, 3.8) is 0 Å². The lowest BCUT2D eigenvalue weighted by Gasteiger charge is -2.26. The highest BCUT2D eigenvalue weighted by Crippen LogP contribution is 2.24. The first kappa shape index (κ1) is 12.5. The number of anilines is 1. The number of aromatic carboxylic acids is 1. The van der Waals surface area contributed by atoms with E-state index in [1.54, 1.807) is 18.7 Å². The van der Waals surface area contributed by atoms with Crippen molar-refractivity contribution in [2.75, 3.05) is 11.9 Å². The second kappa shape index (κ2) is 4.55. The predicted octanol–water partition coefficient (Wildman–Crippen LogP) is 1.66. The van der Waals surface area contributed by atoms with Crippen molar-refractivity contribution < 1.29 is 9.90 Å². The molecule has 0 bridgehead atoms. The van der Waals surface area contributed by atoms with Crippen LogP contribution in [0.15, 0.2) is 0 Å². The van der Waals surface area contributed by atoms with Crippen molar-refractivity contribution in [2.24, 2.45) is 7.05 Å². The number of carboxylic acid groups (broad SMARTS) is 1. The Hall–Kier alpha value is -1.52. The van der Waals surface area contributed by atoms with Gasteiger partial charge in [0.15, 0.2) is 0 Å². The molecule has 16 heavy (non-hydrogen) atoms. The summed E-state index contributed by atoms with van der Waals surface area (Å²) in [5.74, 6) is -0.255. The molecule has 0 aliphatic heterocycles. The zero-order chi connectivity index (χ0) is 12.5. The first-order valence-corrected chi connectivity index (χ1v) is 5.39. The molecule has 0 spiro atoms. The number of rotatable bonds is 4. The normalized spacial score (nSPS) is 12.6. The fourth-order valence-corrected chi connectivity index (χ4v) is 1.78. The molecule has 1 unspecified atom stereocenters. The summed E-state index contributed by atoms with van der Waals surface area (Å²) in [5, 5.41) is 13.3. The van der Waals surface area contributed by atoms with E-state index in [1.807, 2.05) is 11.9 Å². The zero-order valence-corrected chi connectivity index (χ0v) is 10.5. The van der Waals surface area contributed by atoms with Gasteiger partial charge in [-0.3, -0.25) is 4.68 Å². The highest BCUT2D eigenvalue weighted by Gasteiger charge is 2.24. The SMILES string of the molecule is CCC(C)N(C)c1c(C(=O)O)c(C)nn1C. The monoisotopic (exact) mass is 225 g/mol. The van der Waals surface area contributed by atoms with Crippen LogP contribution >= 0.6 is 0 Å². The van der Waals surface area contributed by atoms with E-state index in [9.17, 15) is 9.90 Å². The largest absolute Gasteiger partial charge is 0.477 e. The first-order valence-electron chi connectivity index (χ1n) is 5.39. The van der Waals surface area contributed by atoms with Crippen LogP contribution in [0.2, 0.25) is 0 Å². The van der Waals surface area contributed by atoms with E-state index in [1.165, 1.54) is 0 Å². The van der Waals surface area contributed by atoms with Gasteiger partial charge in [-0.05, 0) is 20.3 Å². The number of hydrogen-bond acceptors (Lipinski definition) is 3. The van der Waals surface area contributed by atoms with Gasteiger partial charge in [0.1, 0.15) is 11.4 Å². The molecule has 0 amide bonds. The smallest absolute Gasteiger partial charge is 0.341 e. The Morgan fingerprint density at radius 3 is 2.62 bits per heavy atom. The van der Waals surface area contributed by atoms with E-state index >= 15 is 0 Å². The Morgan fingerprint density at radius 2 is 2.19 bits per heavy atom. The van der Waals surface area contributed by atoms with Crippen LogP contribution in [0.4, 0.5) is 5.82 Å². The minimum absolute atomic E-state index is 0.285. The van der Waals surface area contributed by atoms with E-state index in [-0.39, 0.29) is 6.04 Å². The van der Waals surface area contributed by atoms with Gasteiger partial charge in [-0.15, -0.1) is 0 Å². The number of carbonyl (C=O) groups is 1. The summed E-state index contributed by atoms with van der Waals surface area (Å²) in [4.78, 5) is 13.2. The summed E-state index contributed by atoms with van der Waals surface area (Å²) in [5.41, 5.74) is 0.852. The molecule has 0 fully saturated rings. The molecule has 0 saturated heterocycles. The quantitative estimate of drug-likeness (QED) is 0.846. The lowest BCUT2D eigenvalue weighted by atomic mass is 10.2. The van der Waals surface area contributed by atoms with Gasteiger partial charge in [0.2, 0.25) is 0 Å². The third kappa shape index (κ3) is 2.03. The topological polar surface area (TPSA) is 58.4 Å². The average molecular weight is 225 g/mol. The molecular weight excluding hydrogens is 206 g/mol. The molecule has 1 N–H and O–H groups in total. The minimum atomic E-state index is -0.921. The maximum atomic E-state index is 11.2. The first-order chi connectivity index (χ1) is 7.40. The van der Waals surface area contributed by atoms with Gasteiger partial charge < -0.3 is 10.0 Å². The van der Waals surface area contributed by atoms with Crippen LogP contribution in [-0.2, 0) is 7.05 Å². The summed E-state index contributed by atoms with van der Waals surface area (Å²) < 4.78 is 1.63. The average Bonchev–Trinajstić information content (AvgIpc) is 2.51. The van der Waals surface area contributed by atoms with E-state index in [0.29, 0.717) is 17.1 Å². The summed E-state index contributed by atoms with van der Waals surface area (Å²) in [6.45, 7) is 5.86. The van der Waals surface area contributed by atoms with Gasteiger partial charge >= 0.3 is 5.97 Å². The van der Waals surface area contributed by atoms with Crippen LogP contribution in [-0.4, -0.2) is 33.9 Å². The molecule has 0 aliphatic carbocycles. The zero-order valence-electron chi connectivity index (χ0n) is 10.5. The Kier molecular flexibility index (Phi) is 3.57. The van der Waals surface area contributed by atoms with Crippen molar-refractivity contribution >= 4 is 11.8 Å². The van der Waals surface area contributed by atoms with Crippen molar-refractivity contribution in [3.8, 4) is 0 Å². The molecule has 5 nitrogen and oxygen atoms in total. The van der Waals surface area contributed by atoms with Crippen molar-refractivity contribution in [1.82, 2.24) is 9.78 Å². The Labute approximate surface area is 95.7 Å². The Morgan fingerprint density at radius 1 is 1.62 bits per heavy atom. The van der Waals surface area contributed by atoms with Gasteiger partial charge in [-0.2, -0.15) is 5.10 Å². The number of nitrogens with zero attached hydrogens (tertiary/aromatic N) is 3. The Balaban J connectivity index is 3.26. The third-order valence-electron chi connectivity index (χ3n) is 2.99. The molecule has 0 saturated carbocycles. The van der Waals surface area contributed by atoms with E-state index < -0.39 is 5.97 Å². The lowest BCUT2D eigenvalue weighted by Crippen LogP contribution is -2.31. The molecule has 1 atom stereocenters. The molecule has 1 aromatic heterocycles. The van der Waals surface area contributed by atoms with Gasteiger partial charge in [0.25, 0.3) is 0 Å². The fraction of sp³-hybridized carbons (Fsp3) is 0.636. The second-order valence-corrected chi connectivity index (χ2v) is 4.08. The molecule has 0 aliphatic rings. The number of aromatic nitrogens is 2. The predicted molar refractivity (Wildman–Crippen MR) is 63.1 cm³/mol. The van der Waals surface area contributed by atoms with Crippen LogP contribution in [0.25, 0.3) is 0 Å². The summed E-state index contributed by atoms with van der Waals surface area (Å²) in [6.07, 6.45) is 0.958. The number of aryl methyl sites for hydroxylation is 2. The van der Waals surface area contributed by atoms with Crippen LogP contribution in [0.3, 0.4) is 0 Å². The van der Waals surface area contributed by atoms with Crippen molar-refractivity contribution in [2.45, 2.75) is 33.2 Å². The molecule has 5 heteroatoms. The third-order valence-corrected chi connectivity index (χ3v) is 2.99. The lowest BCUT2D eigenvalue weighted by molar-refractivity contribution is 0.0696. The van der Waals surface area contributed by atoms with Crippen LogP contribution in [0.5, 0.6) is 0 Å². The number of hydrogen-bond donors (Lipinski definition) is 1.